The van der Waals surface area contributed by atoms with Gasteiger partial charge in [0.05, 0.1) is 11.6 Å². The Balaban J connectivity index is 1.28. The van der Waals surface area contributed by atoms with E-state index in [4.69, 9.17) is 5.26 Å². The second-order valence-electron chi connectivity index (χ2n) is 10.7. The molecule has 1 fully saturated rings. The van der Waals surface area contributed by atoms with Crippen molar-refractivity contribution in [2.24, 2.45) is 11.8 Å². The fraction of sp³-hybridized carbons (Fsp3) is 0.314. The second kappa shape index (κ2) is 12.0. The van der Waals surface area contributed by atoms with Crippen LogP contribution in [0, 0.1) is 23.2 Å². The molecule has 0 radical (unpaired) electrons. The van der Waals surface area contributed by atoms with Crippen LogP contribution in [-0.4, -0.2) is 5.78 Å². The molecular formula is C35H35NO. The van der Waals surface area contributed by atoms with Gasteiger partial charge >= 0.3 is 0 Å². The molecular weight excluding hydrogens is 450 g/mol. The highest BCUT2D eigenvalue weighted by molar-refractivity contribution is 5.86. The first kappa shape index (κ1) is 25.0. The number of ketones is 1. The molecule has 2 aliphatic carbocycles. The maximum Gasteiger partial charge on any atom is 0.140 e. The average Bonchev–Trinajstić information content (AvgIpc) is 3.50. The molecule has 0 aliphatic heterocycles. The summed E-state index contributed by atoms with van der Waals surface area (Å²) < 4.78 is 0. The van der Waals surface area contributed by atoms with Crippen LogP contribution in [0.3, 0.4) is 0 Å². The molecule has 0 bridgehead atoms. The van der Waals surface area contributed by atoms with E-state index in [1.165, 1.54) is 22.3 Å². The number of carbonyl (C=O) groups excluding carboxylic acids is 1. The van der Waals surface area contributed by atoms with Gasteiger partial charge in [0, 0.05) is 18.3 Å². The maximum atomic E-state index is 13.7. The number of nitrogens with zero attached hydrogens (tertiary/aromatic N) is 1. The van der Waals surface area contributed by atoms with Gasteiger partial charge in [-0.05, 0) is 84.7 Å². The van der Waals surface area contributed by atoms with Gasteiger partial charge in [0.2, 0.25) is 0 Å². The molecule has 37 heavy (non-hydrogen) atoms. The number of hydrogen-bond acceptors (Lipinski definition) is 2. The minimum atomic E-state index is -0.0247. The molecule has 5 rings (SSSR count). The lowest BCUT2D eigenvalue weighted by Crippen LogP contribution is -2.27. The topological polar surface area (TPSA) is 40.9 Å². The third-order valence-corrected chi connectivity index (χ3v) is 8.25. The van der Waals surface area contributed by atoms with Crippen LogP contribution in [0.5, 0.6) is 0 Å². The van der Waals surface area contributed by atoms with Crippen LogP contribution in [-0.2, 0) is 17.6 Å². The van der Waals surface area contributed by atoms with Gasteiger partial charge in [0.15, 0.2) is 0 Å². The molecule has 0 saturated heterocycles. The van der Waals surface area contributed by atoms with Gasteiger partial charge in [-0.25, -0.2) is 0 Å². The Morgan fingerprint density at radius 3 is 2.14 bits per heavy atom. The van der Waals surface area contributed by atoms with Crippen molar-refractivity contribution in [1.82, 2.24) is 0 Å². The number of Topliss-reactive ketones (excluding diaryl/α,β-unsaturated/α-hetero) is 1. The Morgan fingerprint density at radius 1 is 0.811 bits per heavy atom. The molecule has 186 valence electrons. The van der Waals surface area contributed by atoms with Crippen LogP contribution in [0.15, 0.2) is 103 Å². The van der Waals surface area contributed by atoms with Crippen molar-refractivity contribution in [2.45, 2.75) is 56.8 Å². The van der Waals surface area contributed by atoms with Gasteiger partial charge in [-0.15, -0.1) is 0 Å². The van der Waals surface area contributed by atoms with E-state index in [0.29, 0.717) is 30.0 Å². The molecule has 0 heterocycles. The molecule has 0 N–H and O–H groups in total. The zero-order chi connectivity index (χ0) is 25.5. The fourth-order valence-corrected chi connectivity index (χ4v) is 6.14. The first-order valence-corrected chi connectivity index (χ1v) is 13.7. The normalized spacial score (nSPS) is 20.0. The van der Waals surface area contributed by atoms with E-state index in [1.54, 1.807) is 0 Å². The van der Waals surface area contributed by atoms with Crippen molar-refractivity contribution in [1.29, 1.82) is 5.26 Å². The Labute approximate surface area is 221 Å². The summed E-state index contributed by atoms with van der Waals surface area (Å²) in [7, 11) is 0. The van der Waals surface area contributed by atoms with Crippen LogP contribution in [0.2, 0.25) is 0 Å². The van der Waals surface area contributed by atoms with Gasteiger partial charge in [0.25, 0.3) is 0 Å². The van der Waals surface area contributed by atoms with E-state index < -0.39 is 0 Å². The summed E-state index contributed by atoms with van der Waals surface area (Å²) in [4.78, 5) is 13.7. The van der Waals surface area contributed by atoms with Crippen LogP contribution in [0.25, 0.3) is 0 Å². The number of benzene rings is 3. The van der Waals surface area contributed by atoms with Crippen LogP contribution >= 0.6 is 0 Å². The number of carbonyl (C=O) groups is 1. The van der Waals surface area contributed by atoms with Crippen molar-refractivity contribution in [3.63, 3.8) is 0 Å². The van der Waals surface area contributed by atoms with Crippen molar-refractivity contribution in [3.8, 4) is 6.07 Å². The van der Waals surface area contributed by atoms with Gasteiger partial charge < -0.3 is 0 Å². The first-order chi connectivity index (χ1) is 18.2. The van der Waals surface area contributed by atoms with E-state index in [9.17, 15) is 4.79 Å². The Bertz CT molecular complexity index is 1260. The van der Waals surface area contributed by atoms with Crippen LogP contribution in [0.1, 0.15) is 71.8 Å². The summed E-state index contributed by atoms with van der Waals surface area (Å²) in [6.45, 7) is 0. The highest BCUT2D eigenvalue weighted by Gasteiger charge is 2.33. The summed E-state index contributed by atoms with van der Waals surface area (Å²) in [5.74, 6) is 1.75. The highest BCUT2D eigenvalue weighted by Crippen LogP contribution is 2.41. The van der Waals surface area contributed by atoms with E-state index in [2.05, 4.69) is 91.0 Å². The quantitative estimate of drug-likeness (QED) is 0.307. The Morgan fingerprint density at radius 2 is 1.49 bits per heavy atom. The smallest absolute Gasteiger partial charge is 0.140 e. The third-order valence-electron chi connectivity index (χ3n) is 8.25. The second-order valence-corrected chi connectivity index (χ2v) is 10.7. The molecule has 3 aromatic carbocycles. The Hall–Kier alpha value is -3.70. The van der Waals surface area contributed by atoms with Gasteiger partial charge in [-0.3, -0.25) is 4.79 Å². The molecule has 0 amide bonds. The summed E-state index contributed by atoms with van der Waals surface area (Å²) >= 11 is 0. The monoisotopic (exact) mass is 485 g/mol. The first-order valence-electron chi connectivity index (χ1n) is 13.7. The average molecular weight is 486 g/mol. The molecule has 1 unspecified atom stereocenters. The molecule has 2 aliphatic rings. The lowest BCUT2D eigenvalue weighted by atomic mass is 9.70. The lowest BCUT2D eigenvalue weighted by molar-refractivity contribution is -0.122. The van der Waals surface area contributed by atoms with Crippen molar-refractivity contribution in [2.75, 3.05) is 0 Å². The van der Waals surface area contributed by atoms with Gasteiger partial charge in [-0.1, -0.05) is 91.0 Å². The summed E-state index contributed by atoms with van der Waals surface area (Å²) in [6.07, 6.45) is 15.6. The molecule has 2 heteroatoms. The molecule has 2 nitrogen and oxygen atoms in total. The number of rotatable bonds is 9. The summed E-state index contributed by atoms with van der Waals surface area (Å²) in [5, 5.41) is 9.06. The van der Waals surface area contributed by atoms with Crippen LogP contribution < -0.4 is 0 Å². The summed E-state index contributed by atoms with van der Waals surface area (Å²) in [5.41, 5.74) is 5.73. The lowest BCUT2D eigenvalue weighted by Gasteiger charge is -2.34. The van der Waals surface area contributed by atoms with Gasteiger partial charge in [-0.2, -0.15) is 5.26 Å². The van der Waals surface area contributed by atoms with E-state index in [1.807, 2.05) is 18.2 Å². The Kier molecular flexibility index (Phi) is 8.11. The van der Waals surface area contributed by atoms with Crippen molar-refractivity contribution >= 4 is 5.78 Å². The minimum Gasteiger partial charge on any atom is -0.299 e. The van der Waals surface area contributed by atoms with Crippen LogP contribution in [0.4, 0.5) is 0 Å². The van der Waals surface area contributed by atoms with E-state index in [-0.39, 0.29) is 5.92 Å². The number of hydrogen-bond donors (Lipinski definition) is 0. The number of aryl methyl sites for hydroxylation is 1. The predicted octanol–water partition coefficient (Wildman–Crippen LogP) is 8.10. The van der Waals surface area contributed by atoms with Crippen molar-refractivity contribution < 1.29 is 4.79 Å². The third kappa shape index (κ3) is 6.36. The predicted molar refractivity (Wildman–Crippen MR) is 150 cm³/mol. The largest absolute Gasteiger partial charge is 0.299 e. The van der Waals surface area contributed by atoms with Crippen molar-refractivity contribution in [3.05, 3.63) is 131 Å². The maximum absolute atomic E-state index is 13.7. The summed E-state index contributed by atoms with van der Waals surface area (Å²) in [6, 6.07) is 29.5. The zero-order valence-electron chi connectivity index (χ0n) is 21.4. The fourth-order valence-electron chi connectivity index (χ4n) is 6.14. The van der Waals surface area contributed by atoms with Gasteiger partial charge in [0.1, 0.15) is 5.78 Å². The van der Waals surface area contributed by atoms with E-state index >= 15 is 0 Å². The minimum absolute atomic E-state index is 0.0247. The van der Waals surface area contributed by atoms with E-state index in [0.717, 1.165) is 44.1 Å². The number of nitriles is 1. The molecule has 1 atom stereocenters. The zero-order valence-corrected chi connectivity index (χ0v) is 21.4. The highest BCUT2D eigenvalue weighted by atomic mass is 16.1. The SMILES string of the molecule is N#Cc1ccc(CC2CCC(C(C(=O)CCc3ccccc3)c3ccc(C4C=CC=C4)cc3)CC2)cc1. The molecule has 0 spiro atoms. The molecule has 0 aromatic heterocycles. The standard InChI is InChI=1S/C35H35NO/c36-25-29-12-10-27(11-13-29)24-28-14-17-32(18-15-28)35(34(37)23-16-26-6-2-1-3-7-26)33-21-19-31(20-22-33)30-8-4-5-9-30/h1-13,19-22,28,30,32,35H,14-18,23-24H2. The molecule has 3 aromatic rings. The number of allylic oxidation sites excluding steroid dienone is 4. The molecule has 1 saturated carbocycles.